The SMILES string of the molecule is Cc1ccc(Nc2nc(C)cc3nn(CC(=O)Nc4cccc(F)c4)c(=O)n23)cc1. The van der Waals surface area contributed by atoms with Crippen LogP contribution in [0.4, 0.5) is 21.7 Å². The first-order chi connectivity index (χ1) is 14.4. The molecule has 0 atom stereocenters. The van der Waals surface area contributed by atoms with Crippen molar-refractivity contribution in [2.75, 3.05) is 10.6 Å². The number of rotatable bonds is 5. The Bertz CT molecular complexity index is 1290. The molecule has 30 heavy (non-hydrogen) atoms. The van der Waals surface area contributed by atoms with E-state index < -0.39 is 17.4 Å². The number of halogens is 1. The molecule has 0 radical (unpaired) electrons. The Hall–Kier alpha value is -4.01. The summed E-state index contributed by atoms with van der Waals surface area (Å²) >= 11 is 0. The summed E-state index contributed by atoms with van der Waals surface area (Å²) in [5.41, 5.74) is 2.69. The fourth-order valence-electron chi connectivity index (χ4n) is 3.01. The van der Waals surface area contributed by atoms with Gasteiger partial charge in [-0.25, -0.2) is 23.3 Å². The number of hydrogen-bond donors (Lipinski definition) is 2. The average molecular weight is 406 g/mol. The molecule has 152 valence electrons. The number of amides is 1. The first-order valence-corrected chi connectivity index (χ1v) is 9.25. The number of hydrogen-bond acceptors (Lipinski definition) is 5. The fourth-order valence-corrected chi connectivity index (χ4v) is 3.01. The number of anilines is 3. The van der Waals surface area contributed by atoms with E-state index in [4.69, 9.17) is 0 Å². The monoisotopic (exact) mass is 406 g/mol. The van der Waals surface area contributed by atoms with Crippen LogP contribution in [0.25, 0.3) is 5.65 Å². The Morgan fingerprint density at radius 2 is 1.83 bits per heavy atom. The minimum Gasteiger partial charge on any atom is -0.325 e. The van der Waals surface area contributed by atoms with Crippen LogP contribution in [-0.2, 0) is 11.3 Å². The maximum atomic E-state index is 13.3. The van der Waals surface area contributed by atoms with Crippen molar-refractivity contribution in [1.82, 2.24) is 19.2 Å². The van der Waals surface area contributed by atoms with Crippen LogP contribution in [0.2, 0.25) is 0 Å². The van der Waals surface area contributed by atoms with Gasteiger partial charge < -0.3 is 10.6 Å². The summed E-state index contributed by atoms with van der Waals surface area (Å²) in [4.78, 5) is 29.6. The summed E-state index contributed by atoms with van der Waals surface area (Å²) in [7, 11) is 0. The van der Waals surface area contributed by atoms with E-state index in [2.05, 4.69) is 20.7 Å². The van der Waals surface area contributed by atoms with Gasteiger partial charge in [0.1, 0.15) is 12.4 Å². The van der Waals surface area contributed by atoms with Crippen LogP contribution in [0.5, 0.6) is 0 Å². The van der Waals surface area contributed by atoms with Gasteiger partial charge in [0, 0.05) is 23.1 Å². The smallest absolute Gasteiger partial charge is 0.325 e. The van der Waals surface area contributed by atoms with Crippen LogP contribution < -0.4 is 16.3 Å². The van der Waals surface area contributed by atoms with Gasteiger partial charge in [-0.1, -0.05) is 23.8 Å². The van der Waals surface area contributed by atoms with Crippen LogP contribution in [0.15, 0.2) is 59.4 Å². The summed E-state index contributed by atoms with van der Waals surface area (Å²) < 4.78 is 15.7. The molecule has 8 nitrogen and oxygen atoms in total. The lowest BCUT2D eigenvalue weighted by atomic mass is 10.2. The number of nitrogens with one attached hydrogen (secondary N) is 2. The van der Waals surface area contributed by atoms with Crippen molar-refractivity contribution in [3.8, 4) is 0 Å². The number of carbonyl (C=O) groups is 1. The molecule has 0 spiro atoms. The second kappa shape index (κ2) is 7.78. The second-order valence-corrected chi connectivity index (χ2v) is 6.90. The number of nitrogens with zero attached hydrogens (tertiary/aromatic N) is 4. The number of benzene rings is 2. The Labute approximate surface area is 171 Å². The van der Waals surface area contributed by atoms with Crippen LogP contribution in [0, 0.1) is 19.7 Å². The van der Waals surface area contributed by atoms with Crippen LogP contribution in [-0.4, -0.2) is 25.1 Å². The highest BCUT2D eigenvalue weighted by Gasteiger charge is 2.15. The van der Waals surface area contributed by atoms with E-state index in [1.165, 1.54) is 22.6 Å². The van der Waals surface area contributed by atoms with E-state index >= 15 is 0 Å². The summed E-state index contributed by atoms with van der Waals surface area (Å²) in [5, 5.41) is 9.92. The van der Waals surface area contributed by atoms with Crippen LogP contribution in [0.1, 0.15) is 11.3 Å². The first kappa shape index (κ1) is 19.3. The Kier molecular flexibility index (Phi) is 5.01. The third-order valence-electron chi connectivity index (χ3n) is 4.41. The van der Waals surface area contributed by atoms with Crippen molar-refractivity contribution in [2.45, 2.75) is 20.4 Å². The molecule has 2 N–H and O–H groups in total. The number of fused-ring (bicyclic) bond motifs is 1. The minimum atomic E-state index is -0.512. The molecule has 4 rings (SSSR count). The van der Waals surface area contributed by atoms with Gasteiger partial charge in [-0.15, -0.1) is 5.10 Å². The third kappa shape index (κ3) is 4.04. The van der Waals surface area contributed by atoms with Crippen molar-refractivity contribution in [3.05, 3.63) is 82.2 Å². The molecule has 1 amide bonds. The lowest BCUT2D eigenvalue weighted by molar-refractivity contribution is -0.117. The van der Waals surface area contributed by atoms with Gasteiger partial charge in [0.05, 0.1) is 0 Å². The van der Waals surface area contributed by atoms with Gasteiger partial charge in [0.15, 0.2) is 5.65 Å². The van der Waals surface area contributed by atoms with E-state index in [0.29, 0.717) is 23.0 Å². The molecule has 2 heterocycles. The number of aryl methyl sites for hydroxylation is 2. The largest absolute Gasteiger partial charge is 0.353 e. The summed E-state index contributed by atoms with van der Waals surface area (Å²) in [5.74, 6) is -0.662. The minimum absolute atomic E-state index is 0.302. The highest BCUT2D eigenvalue weighted by molar-refractivity contribution is 5.90. The molecule has 2 aromatic carbocycles. The van der Waals surface area contributed by atoms with E-state index in [0.717, 1.165) is 15.9 Å². The maximum absolute atomic E-state index is 13.3. The zero-order valence-corrected chi connectivity index (χ0v) is 16.4. The molecule has 0 aliphatic carbocycles. The quantitative estimate of drug-likeness (QED) is 0.531. The topological polar surface area (TPSA) is 93.3 Å². The Balaban J connectivity index is 1.63. The van der Waals surface area contributed by atoms with Gasteiger partial charge >= 0.3 is 5.69 Å². The molecule has 9 heteroatoms. The van der Waals surface area contributed by atoms with E-state index in [1.54, 1.807) is 19.1 Å². The molecular formula is C21H19FN6O2. The van der Waals surface area contributed by atoms with Crippen LogP contribution in [0.3, 0.4) is 0 Å². The molecule has 0 unspecified atom stereocenters. The van der Waals surface area contributed by atoms with Crippen molar-refractivity contribution >= 4 is 28.9 Å². The van der Waals surface area contributed by atoms with E-state index in [9.17, 15) is 14.0 Å². The Morgan fingerprint density at radius 3 is 2.57 bits per heavy atom. The lowest BCUT2D eigenvalue weighted by Crippen LogP contribution is -2.29. The molecule has 0 fully saturated rings. The van der Waals surface area contributed by atoms with E-state index in [1.807, 2.05) is 31.2 Å². The zero-order valence-electron chi connectivity index (χ0n) is 16.4. The number of carbonyl (C=O) groups excluding carboxylic acids is 1. The van der Waals surface area contributed by atoms with Crippen LogP contribution >= 0.6 is 0 Å². The van der Waals surface area contributed by atoms with Gasteiger partial charge in [-0.05, 0) is 44.2 Å². The summed E-state index contributed by atoms with van der Waals surface area (Å²) in [6.45, 7) is 3.46. The molecule has 2 aromatic heterocycles. The van der Waals surface area contributed by atoms with E-state index in [-0.39, 0.29) is 6.54 Å². The predicted molar refractivity (Wildman–Crippen MR) is 111 cm³/mol. The molecular weight excluding hydrogens is 387 g/mol. The summed E-state index contributed by atoms with van der Waals surface area (Å²) in [6.07, 6.45) is 0. The fraction of sp³-hybridized carbons (Fsp3) is 0.143. The first-order valence-electron chi connectivity index (χ1n) is 9.25. The van der Waals surface area contributed by atoms with Gasteiger partial charge in [-0.2, -0.15) is 0 Å². The number of aromatic nitrogens is 4. The highest BCUT2D eigenvalue weighted by Crippen LogP contribution is 2.16. The van der Waals surface area contributed by atoms with Crippen molar-refractivity contribution in [2.24, 2.45) is 0 Å². The van der Waals surface area contributed by atoms with Crippen molar-refractivity contribution < 1.29 is 9.18 Å². The molecule has 0 saturated carbocycles. The molecule has 0 aliphatic rings. The molecule has 0 bridgehead atoms. The molecule has 0 aliphatic heterocycles. The lowest BCUT2D eigenvalue weighted by Gasteiger charge is -2.08. The third-order valence-corrected chi connectivity index (χ3v) is 4.41. The molecule has 0 saturated heterocycles. The normalized spacial score (nSPS) is 10.9. The predicted octanol–water partition coefficient (Wildman–Crippen LogP) is 3.03. The van der Waals surface area contributed by atoms with Crippen molar-refractivity contribution in [3.63, 3.8) is 0 Å². The van der Waals surface area contributed by atoms with Gasteiger partial charge in [-0.3, -0.25) is 4.79 Å². The average Bonchev–Trinajstić information content (AvgIpc) is 2.98. The zero-order chi connectivity index (χ0) is 21.3. The second-order valence-electron chi connectivity index (χ2n) is 6.90. The van der Waals surface area contributed by atoms with Crippen molar-refractivity contribution in [1.29, 1.82) is 0 Å². The maximum Gasteiger partial charge on any atom is 0.353 e. The highest BCUT2D eigenvalue weighted by atomic mass is 19.1. The van der Waals surface area contributed by atoms with Gasteiger partial charge in [0.25, 0.3) is 0 Å². The Morgan fingerprint density at radius 1 is 1.07 bits per heavy atom. The standard InChI is InChI=1S/C21H19FN6O2/c1-13-6-8-16(9-7-13)25-20-23-14(2)10-18-26-27(21(30)28(18)20)12-19(29)24-17-5-3-4-15(22)11-17/h3-11H,12H2,1-2H3,(H,23,25)(H,24,29). The summed E-state index contributed by atoms with van der Waals surface area (Å²) in [6, 6.07) is 14.8. The van der Waals surface area contributed by atoms with Gasteiger partial charge in [0.2, 0.25) is 11.9 Å². The molecule has 4 aromatic rings.